The van der Waals surface area contributed by atoms with Gasteiger partial charge in [0.2, 0.25) is 0 Å². The number of carboxylic acid groups (broad SMARTS) is 1. The molecule has 0 aliphatic carbocycles. The molecule has 9 nitrogen and oxygen atoms in total. The maximum atomic E-state index is 13.0. The van der Waals surface area contributed by atoms with Gasteiger partial charge in [0.25, 0.3) is 0 Å². The maximum Gasteiger partial charge on any atom is 0.306 e. The minimum absolute atomic E-state index is 0.145. The Labute approximate surface area is 648 Å². The van der Waals surface area contributed by atoms with Crippen LogP contribution in [0.15, 0.2) is 158 Å². The third kappa shape index (κ3) is 86.0. The van der Waals surface area contributed by atoms with Gasteiger partial charge in [0.05, 0.1) is 40.3 Å². The van der Waals surface area contributed by atoms with Crippen LogP contribution < -0.4 is 5.11 Å². The molecule has 9 heteroatoms. The predicted molar refractivity (Wildman–Crippen MR) is 453 cm³/mol. The summed E-state index contributed by atoms with van der Waals surface area (Å²) in [4.78, 5) is 37.7. The molecule has 0 amide bonds. The van der Waals surface area contributed by atoms with Crippen molar-refractivity contribution in [2.75, 3.05) is 47.5 Å². The zero-order valence-corrected chi connectivity index (χ0v) is 68.8. The van der Waals surface area contributed by atoms with Gasteiger partial charge in [0.1, 0.15) is 13.2 Å². The SMILES string of the molecule is CC/C=C\C/C=C\C/C=C\C/C=C\C/C=C\C/C=C\C/C=C\C/C=C\CCCCCCCCCCCCCCCCCCC(=O)OC(COC(=O)CCCCCCCCCCCCCCCCCCCCCCCCC/C=C\C/C=C\C/C=C\C/C=C\C/C=C\CC)COC(OCC[N+](C)(C)C)C(=O)[O-]. The molecular weight excluding hydrogens is 1300 g/mol. The summed E-state index contributed by atoms with van der Waals surface area (Å²) < 4.78 is 22.9. The molecule has 0 spiro atoms. The summed E-state index contributed by atoms with van der Waals surface area (Å²) in [5.74, 6) is -2.27. The highest BCUT2D eigenvalue weighted by Crippen LogP contribution is 2.19. The van der Waals surface area contributed by atoms with Crippen molar-refractivity contribution in [2.45, 2.75) is 386 Å². The fraction of sp³-hybridized carbons (Fsp3) is 0.698. The van der Waals surface area contributed by atoms with Crippen LogP contribution in [-0.4, -0.2) is 82.3 Å². The first-order chi connectivity index (χ1) is 51.6. The smallest absolute Gasteiger partial charge is 0.306 e. The van der Waals surface area contributed by atoms with Gasteiger partial charge in [0, 0.05) is 12.8 Å². The number of carboxylic acids is 1. The van der Waals surface area contributed by atoms with Gasteiger partial charge in [-0.15, -0.1) is 0 Å². The second kappa shape index (κ2) is 84.5. The first-order valence-corrected chi connectivity index (χ1v) is 43.6. The number of hydrogen-bond acceptors (Lipinski definition) is 8. The van der Waals surface area contributed by atoms with Crippen molar-refractivity contribution >= 4 is 17.9 Å². The lowest BCUT2D eigenvalue weighted by molar-refractivity contribution is -0.870. The molecule has 0 rings (SSSR count). The monoisotopic (exact) mass is 1460 g/mol. The number of nitrogens with zero attached hydrogens (tertiary/aromatic N) is 1. The van der Waals surface area contributed by atoms with E-state index in [1.807, 2.05) is 21.1 Å². The van der Waals surface area contributed by atoms with E-state index in [0.29, 0.717) is 23.9 Å². The van der Waals surface area contributed by atoms with Crippen molar-refractivity contribution in [3.8, 4) is 0 Å². The Bertz CT molecular complexity index is 2300. The first-order valence-electron chi connectivity index (χ1n) is 43.6. The summed E-state index contributed by atoms with van der Waals surface area (Å²) in [6.07, 6.45) is 122. The van der Waals surface area contributed by atoms with Crippen LogP contribution >= 0.6 is 0 Å². The quantitative estimate of drug-likeness (QED) is 0.0195. The largest absolute Gasteiger partial charge is 0.545 e. The van der Waals surface area contributed by atoms with E-state index in [1.165, 1.54) is 218 Å². The molecule has 0 saturated heterocycles. The van der Waals surface area contributed by atoms with Gasteiger partial charge in [-0.05, 0) is 122 Å². The molecule has 0 bridgehead atoms. The third-order valence-corrected chi connectivity index (χ3v) is 18.8. The normalized spacial score (nSPS) is 13.4. The fourth-order valence-electron chi connectivity index (χ4n) is 12.2. The molecule has 0 aliphatic rings. The molecule has 105 heavy (non-hydrogen) atoms. The Hall–Kier alpha value is -5.09. The molecule has 0 aliphatic heterocycles. The summed E-state index contributed by atoms with van der Waals surface area (Å²) in [7, 11) is 5.94. The number of hydrogen-bond donors (Lipinski definition) is 0. The van der Waals surface area contributed by atoms with E-state index in [1.54, 1.807) is 0 Å². The topological polar surface area (TPSA) is 111 Å². The molecule has 0 aromatic heterocycles. The number of esters is 2. The number of likely N-dealkylation sites (N-methyl/N-ethyl adjacent to an activating group) is 1. The van der Waals surface area contributed by atoms with Gasteiger partial charge in [-0.25, -0.2) is 0 Å². The van der Waals surface area contributed by atoms with E-state index in [4.69, 9.17) is 18.9 Å². The molecular formula is C96H163NO8. The van der Waals surface area contributed by atoms with Crippen molar-refractivity contribution in [1.29, 1.82) is 0 Å². The van der Waals surface area contributed by atoms with Gasteiger partial charge < -0.3 is 33.3 Å². The number of aliphatic carboxylic acids is 1. The fourth-order valence-corrected chi connectivity index (χ4v) is 12.2. The van der Waals surface area contributed by atoms with Gasteiger partial charge in [-0.1, -0.05) is 397 Å². The maximum absolute atomic E-state index is 13.0. The van der Waals surface area contributed by atoms with E-state index in [-0.39, 0.29) is 32.2 Å². The van der Waals surface area contributed by atoms with Gasteiger partial charge in [-0.2, -0.15) is 0 Å². The van der Waals surface area contributed by atoms with Crippen LogP contribution in [0.5, 0.6) is 0 Å². The second-order valence-corrected chi connectivity index (χ2v) is 30.1. The minimum Gasteiger partial charge on any atom is -0.545 e. The van der Waals surface area contributed by atoms with Crippen molar-refractivity contribution < 1.29 is 42.9 Å². The average Bonchev–Trinajstić information content (AvgIpc) is 1.18. The van der Waals surface area contributed by atoms with Crippen LogP contribution in [0.1, 0.15) is 373 Å². The average molecular weight is 1460 g/mol. The Morgan fingerprint density at radius 2 is 0.514 bits per heavy atom. The molecule has 2 unspecified atom stereocenters. The lowest BCUT2D eigenvalue weighted by Gasteiger charge is -2.26. The predicted octanol–water partition coefficient (Wildman–Crippen LogP) is 27.4. The molecule has 0 heterocycles. The molecule has 600 valence electrons. The minimum atomic E-state index is -1.63. The highest BCUT2D eigenvalue weighted by Gasteiger charge is 2.22. The molecule has 0 saturated carbocycles. The number of carbonyl (C=O) groups is 3. The van der Waals surface area contributed by atoms with Gasteiger partial charge in [0.15, 0.2) is 12.4 Å². The number of allylic oxidation sites excluding steroid dienone is 26. The lowest BCUT2D eigenvalue weighted by atomic mass is 10.0. The molecule has 0 fully saturated rings. The summed E-state index contributed by atoms with van der Waals surface area (Å²) >= 11 is 0. The number of ether oxygens (including phenoxy) is 4. The van der Waals surface area contributed by atoms with E-state index < -0.39 is 24.3 Å². The van der Waals surface area contributed by atoms with E-state index in [0.717, 1.165) is 122 Å². The lowest BCUT2D eigenvalue weighted by Crippen LogP contribution is -2.44. The van der Waals surface area contributed by atoms with Crippen LogP contribution in [0.2, 0.25) is 0 Å². The Kier molecular flexibility index (Phi) is 80.4. The Balaban J connectivity index is 3.98. The van der Waals surface area contributed by atoms with E-state index in [2.05, 4.69) is 172 Å². The van der Waals surface area contributed by atoms with Crippen LogP contribution in [0.3, 0.4) is 0 Å². The number of quaternary nitrogens is 1. The van der Waals surface area contributed by atoms with Crippen LogP contribution in [0.4, 0.5) is 0 Å². The number of rotatable bonds is 80. The number of unbranched alkanes of at least 4 members (excludes halogenated alkanes) is 39. The van der Waals surface area contributed by atoms with Crippen molar-refractivity contribution in [3.63, 3.8) is 0 Å². The Morgan fingerprint density at radius 3 is 0.762 bits per heavy atom. The first kappa shape index (κ1) is 99.9. The van der Waals surface area contributed by atoms with E-state index >= 15 is 0 Å². The molecule has 0 N–H and O–H groups in total. The third-order valence-electron chi connectivity index (χ3n) is 18.8. The summed E-state index contributed by atoms with van der Waals surface area (Å²) in [6.45, 7) is 4.55. The molecule has 0 radical (unpaired) electrons. The molecule has 0 aromatic carbocycles. The van der Waals surface area contributed by atoms with Crippen LogP contribution in [-0.2, 0) is 33.3 Å². The zero-order valence-electron chi connectivity index (χ0n) is 68.8. The van der Waals surface area contributed by atoms with Gasteiger partial charge >= 0.3 is 11.9 Å². The standard InChI is InChI=1S/C96H163NO8/c1-6-8-10-12-14-16-18-20-22-24-26-28-30-32-34-36-38-40-42-44-46-47-49-51-53-55-57-59-61-63-65-67-69-71-73-75-77-79-81-83-85-87-94(99)105-92(91-104-96(95(100)101)102-89-88-97(3,4)5)90-103-93(98)86-84-82-80-78-76-74-72-70-68-66-64-62-60-58-56-54-52-50-48-45-43-41-39-37-35-33-31-29-27-25-23-21-19-17-15-13-11-9-7-2/h8-11,14-17,20-23,26-29,32-35,38,40,44,46,49,51,92,96H,6-7,12-13,18-19,24-25,30-31,36-37,39,41-43,45,47-48,50,52-91H2,1-5H3/b10-8-,11-9-,16-14-,17-15-,22-20-,23-21-,28-26-,29-27-,34-32-,35-33-,40-38-,46-44-,51-49-. The highest BCUT2D eigenvalue weighted by molar-refractivity contribution is 5.70. The second-order valence-electron chi connectivity index (χ2n) is 30.1. The van der Waals surface area contributed by atoms with Crippen LogP contribution in [0, 0.1) is 0 Å². The summed E-state index contributed by atoms with van der Waals surface area (Å²) in [5, 5.41) is 11.9. The molecule has 0 aromatic rings. The highest BCUT2D eigenvalue weighted by atomic mass is 16.7. The zero-order chi connectivity index (χ0) is 76.0. The summed E-state index contributed by atoms with van der Waals surface area (Å²) in [6, 6.07) is 0. The van der Waals surface area contributed by atoms with Crippen LogP contribution in [0.25, 0.3) is 0 Å². The van der Waals surface area contributed by atoms with Crippen molar-refractivity contribution in [2.24, 2.45) is 0 Å². The Morgan fingerprint density at radius 1 is 0.286 bits per heavy atom. The van der Waals surface area contributed by atoms with E-state index in [9.17, 15) is 19.5 Å². The van der Waals surface area contributed by atoms with Crippen molar-refractivity contribution in [3.05, 3.63) is 158 Å². The van der Waals surface area contributed by atoms with Crippen molar-refractivity contribution in [1.82, 2.24) is 0 Å². The molecule has 2 atom stereocenters. The number of carbonyl (C=O) groups excluding carboxylic acids is 3. The summed E-state index contributed by atoms with van der Waals surface area (Å²) in [5.41, 5.74) is 0. The van der Waals surface area contributed by atoms with Gasteiger partial charge in [-0.3, -0.25) is 9.59 Å².